The molecule has 1 aliphatic rings. The first-order valence-electron chi connectivity index (χ1n) is 10.9. The fourth-order valence-electron chi connectivity index (χ4n) is 3.62. The van der Waals surface area contributed by atoms with E-state index in [2.05, 4.69) is 0 Å². The molecule has 0 aliphatic carbocycles. The third-order valence-electron chi connectivity index (χ3n) is 5.59. The summed E-state index contributed by atoms with van der Waals surface area (Å²) in [6.45, 7) is 2.90. The summed E-state index contributed by atoms with van der Waals surface area (Å²) in [5.41, 5.74) is 2.00. The Labute approximate surface area is 197 Å². The van der Waals surface area contributed by atoms with E-state index in [4.69, 9.17) is 0 Å². The summed E-state index contributed by atoms with van der Waals surface area (Å²) >= 11 is 0. The van der Waals surface area contributed by atoms with Crippen LogP contribution in [-0.2, 0) is 4.79 Å². The first kappa shape index (κ1) is 25.2. The first-order chi connectivity index (χ1) is 16.0. The average Bonchev–Trinajstić information content (AvgIpc) is 2.79. The highest BCUT2D eigenvalue weighted by Crippen LogP contribution is 2.24. The lowest BCUT2D eigenvalue weighted by molar-refractivity contribution is -0.113. The van der Waals surface area contributed by atoms with E-state index in [9.17, 15) is 22.8 Å². The molecular formula is C26H28F3N3O2. The molecule has 0 atom stereocenters. The van der Waals surface area contributed by atoms with Crippen molar-refractivity contribution in [3.8, 4) is 0 Å². The molecule has 3 rings (SSSR count). The molecule has 0 N–H and O–H groups in total. The summed E-state index contributed by atoms with van der Waals surface area (Å²) in [6.07, 6.45) is 3.10. The number of likely N-dealkylation sites (tertiary alicyclic amines) is 1. The van der Waals surface area contributed by atoms with Crippen LogP contribution in [0.1, 0.15) is 16.7 Å². The molecule has 8 heteroatoms. The number of halogens is 3. The summed E-state index contributed by atoms with van der Waals surface area (Å²) in [5.74, 6) is -2.66. The lowest BCUT2D eigenvalue weighted by atomic mass is 9.94. The average molecular weight is 472 g/mol. The fourth-order valence-corrected chi connectivity index (χ4v) is 3.62. The maximum atomic E-state index is 13.7. The molecule has 1 aliphatic heterocycles. The van der Waals surface area contributed by atoms with E-state index >= 15 is 0 Å². The summed E-state index contributed by atoms with van der Waals surface area (Å²) in [4.78, 5) is 31.4. The Morgan fingerprint density at radius 1 is 0.882 bits per heavy atom. The highest BCUT2D eigenvalue weighted by Gasteiger charge is 2.30. The molecule has 180 valence electrons. The van der Waals surface area contributed by atoms with E-state index in [1.54, 1.807) is 37.1 Å². The number of nitrogens with zero attached hydrogens (tertiary/aromatic N) is 3. The number of urea groups is 1. The minimum atomic E-state index is -1.02. The number of carbonyl (C=O) groups is 2. The summed E-state index contributed by atoms with van der Waals surface area (Å²) in [5, 5.41) is 0. The molecule has 2 aromatic carbocycles. The Kier molecular flexibility index (Phi) is 7.94. The van der Waals surface area contributed by atoms with Crippen molar-refractivity contribution >= 4 is 24.0 Å². The van der Waals surface area contributed by atoms with Gasteiger partial charge >= 0.3 is 6.03 Å². The second-order valence-electron chi connectivity index (χ2n) is 8.71. The minimum Gasteiger partial charge on any atom is -0.326 e. The van der Waals surface area contributed by atoms with Crippen LogP contribution in [0.25, 0.3) is 12.2 Å². The largest absolute Gasteiger partial charge is 0.326 e. The molecular weight excluding hydrogens is 443 g/mol. The van der Waals surface area contributed by atoms with Gasteiger partial charge in [0.2, 0.25) is 0 Å². The monoisotopic (exact) mass is 471 g/mol. The number of rotatable bonds is 5. The molecule has 1 saturated heterocycles. The number of amides is 2. The number of aryl methyl sites for hydroxylation is 1. The zero-order valence-corrected chi connectivity index (χ0v) is 19.7. The zero-order chi connectivity index (χ0) is 25.0. The molecule has 0 aromatic heterocycles. The van der Waals surface area contributed by atoms with Gasteiger partial charge in [0.15, 0.2) is 17.4 Å². The van der Waals surface area contributed by atoms with Gasteiger partial charge in [0, 0.05) is 31.3 Å². The van der Waals surface area contributed by atoms with Crippen molar-refractivity contribution in [2.45, 2.75) is 6.92 Å². The van der Waals surface area contributed by atoms with Crippen LogP contribution >= 0.6 is 0 Å². The van der Waals surface area contributed by atoms with Gasteiger partial charge in [-0.2, -0.15) is 0 Å². The van der Waals surface area contributed by atoms with Gasteiger partial charge in [0.25, 0.3) is 0 Å². The number of benzene rings is 2. The molecule has 2 amide bonds. The van der Waals surface area contributed by atoms with Crippen LogP contribution in [-0.4, -0.2) is 73.8 Å². The first-order valence-corrected chi connectivity index (χ1v) is 10.9. The number of Topliss-reactive ketones (excluding diaryl/α,β-unsaturated/α-hetero) is 1. The second-order valence-corrected chi connectivity index (χ2v) is 8.71. The van der Waals surface area contributed by atoms with Crippen LogP contribution in [0.4, 0.5) is 18.0 Å². The summed E-state index contributed by atoms with van der Waals surface area (Å²) in [7, 11) is 5.51. The Hall–Kier alpha value is -3.39. The fraction of sp³-hybridized carbons (Fsp3) is 0.308. The van der Waals surface area contributed by atoms with Crippen molar-refractivity contribution in [3.63, 3.8) is 0 Å². The van der Waals surface area contributed by atoms with E-state index in [0.29, 0.717) is 35.4 Å². The van der Waals surface area contributed by atoms with Crippen molar-refractivity contribution < 1.29 is 22.8 Å². The Bertz CT molecular complexity index is 1080. The molecule has 5 nitrogen and oxygen atoms in total. The summed E-state index contributed by atoms with van der Waals surface area (Å²) < 4.78 is 40.8. The maximum absolute atomic E-state index is 13.7. The third kappa shape index (κ3) is 6.14. The van der Waals surface area contributed by atoms with E-state index in [0.717, 1.165) is 12.1 Å². The quantitative estimate of drug-likeness (QED) is 0.608. The third-order valence-corrected chi connectivity index (χ3v) is 5.59. The lowest BCUT2D eigenvalue weighted by Gasteiger charge is -2.33. The van der Waals surface area contributed by atoms with Crippen molar-refractivity contribution in [2.75, 3.05) is 47.3 Å². The van der Waals surface area contributed by atoms with Gasteiger partial charge in [-0.15, -0.1) is 0 Å². The van der Waals surface area contributed by atoms with Crippen LogP contribution < -0.4 is 0 Å². The van der Waals surface area contributed by atoms with E-state index in [-0.39, 0.29) is 36.3 Å². The Balaban J connectivity index is 1.97. The Morgan fingerprint density at radius 2 is 1.44 bits per heavy atom. The number of carbonyl (C=O) groups excluding carboxylic acids is 2. The summed E-state index contributed by atoms with van der Waals surface area (Å²) in [6, 6.07) is 7.62. The normalized spacial score (nSPS) is 16.6. The Morgan fingerprint density at radius 3 is 1.97 bits per heavy atom. The molecule has 0 radical (unpaired) electrons. The van der Waals surface area contributed by atoms with Gasteiger partial charge in [-0.25, -0.2) is 18.0 Å². The smallest absolute Gasteiger partial charge is 0.320 e. The number of piperidine rings is 1. The number of hydrogen-bond acceptors (Lipinski definition) is 3. The number of hydrogen-bond donors (Lipinski definition) is 0. The van der Waals surface area contributed by atoms with Gasteiger partial charge in [-0.1, -0.05) is 12.1 Å². The minimum absolute atomic E-state index is 0.0305. The van der Waals surface area contributed by atoms with Crippen LogP contribution in [0.3, 0.4) is 0 Å². The number of ketones is 1. The van der Waals surface area contributed by atoms with E-state index in [1.807, 2.05) is 19.0 Å². The van der Waals surface area contributed by atoms with Crippen molar-refractivity contribution in [1.29, 1.82) is 0 Å². The lowest BCUT2D eigenvalue weighted by Crippen LogP contribution is -2.48. The topological polar surface area (TPSA) is 43.9 Å². The molecule has 1 fully saturated rings. The number of likely N-dealkylation sites (N-methyl/N-ethyl adjacent to an activating group) is 2. The van der Waals surface area contributed by atoms with E-state index < -0.39 is 11.6 Å². The molecule has 2 aromatic rings. The molecule has 0 unspecified atom stereocenters. The predicted octanol–water partition coefficient (Wildman–Crippen LogP) is 4.38. The molecule has 0 spiro atoms. The van der Waals surface area contributed by atoms with Crippen molar-refractivity contribution in [3.05, 3.63) is 81.7 Å². The molecule has 0 saturated carbocycles. The van der Waals surface area contributed by atoms with Gasteiger partial charge in [0.1, 0.15) is 5.82 Å². The van der Waals surface area contributed by atoms with E-state index in [1.165, 1.54) is 23.1 Å². The molecule has 1 heterocycles. The SMILES string of the molecule is Cc1cc(/C=C2\CN(C(=O)N(C)CCN(C)C)C/C(=C\c3ccc(F)c(F)c3)C2=O)ccc1F. The van der Waals surface area contributed by atoms with Crippen LogP contribution in [0.2, 0.25) is 0 Å². The van der Waals surface area contributed by atoms with Crippen LogP contribution in [0.5, 0.6) is 0 Å². The molecule has 34 heavy (non-hydrogen) atoms. The van der Waals surface area contributed by atoms with Gasteiger partial charge < -0.3 is 14.7 Å². The standard InChI is InChI=1S/C26H28F3N3O2/c1-17-11-18(5-7-22(17)27)12-20-15-32(26(34)31(4)10-9-30(2)3)16-21(25(20)33)13-19-6-8-23(28)24(29)14-19/h5-8,11-14H,9-10,15-16H2,1-4H3/b20-12+,21-13+. The van der Waals surface area contributed by atoms with Crippen molar-refractivity contribution in [2.24, 2.45) is 0 Å². The van der Waals surface area contributed by atoms with Crippen molar-refractivity contribution in [1.82, 2.24) is 14.7 Å². The van der Waals surface area contributed by atoms with Crippen LogP contribution in [0.15, 0.2) is 47.5 Å². The maximum Gasteiger partial charge on any atom is 0.320 e. The van der Waals surface area contributed by atoms with Gasteiger partial charge in [-0.05, 0) is 74.1 Å². The van der Waals surface area contributed by atoms with Gasteiger partial charge in [0.05, 0.1) is 13.1 Å². The highest BCUT2D eigenvalue weighted by atomic mass is 19.2. The van der Waals surface area contributed by atoms with Gasteiger partial charge in [-0.3, -0.25) is 4.79 Å². The zero-order valence-electron chi connectivity index (χ0n) is 19.7. The molecule has 0 bridgehead atoms. The predicted molar refractivity (Wildman–Crippen MR) is 127 cm³/mol. The van der Waals surface area contributed by atoms with Crippen LogP contribution in [0, 0.1) is 24.4 Å². The highest BCUT2D eigenvalue weighted by molar-refractivity contribution is 6.15. The second kappa shape index (κ2) is 10.7.